The van der Waals surface area contributed by atoms with Crippen LogP contribution in [0.1, 0.15) is 66.5 Å². The van der Waals surface area contributed by atoms with E-state index in [2.05, 4.69) is 22.5 Å². The fourth-order valence-corrected chi connectivity index (χ4v) is 3.68. The van der Waals surface area contributed by atoms with Crippen molar-refractivity contribution in [2.45, 2.75) is 58.4 Å². The highest BCUT2D eigenvalue weighted by Gasteiger charge is 2.11. The first-order valence-corrected chi connectivity index (χ1v) is 11.1. The SMILES string of the molecule is CCCCCCCC(=O)NCc1nc(C(=O)NCCc2cccc(Cl)c2)cs1. The molecule has 0 aliphatic rings. The third kappa shape index (κ3) is 8.40. The number of nitrogens with one attached hydrogen (secondary N) is 2. The molecular weight excluding hydrogens is 394 g/mol. The van der Waals surface area contributed by atoms with Crippen LogP contribution in [0.5, 0.6) is 0 Å². The molecule has 0 saturated carbocycles. The van der Waals surface area contributed by atoms with Gasteiger partial charge in [-0.2, -0.15) is 0 Å². The molecule has 5 nitrogen and oxygen atoms in total. The molecule has 0 saturated heterocycles. The van der Waals surface area contributed by atoms with Gasteiger partial charge < -0.3 is 10.6 Å². The zero-order valence-corrected chi connectivity index (χ0v) is 17.9. The number of nitrogens with zero attached hydrogens (tertiary/aromatic N) is 1. The summed E-state index contributed by atoms with van der Waals surface area (Å²) in [5, 5.41) is 8.89. The number of hydrogen-bond acceptors (Lipinski definition) is 4. The molecule has 2 N–H and O–H groups in total. The molecule has 1 aromatic carbocycles. The van der Waals surface area contributed by atoms with Gasteiger partial charge in [-0.15, -0.1) is 11.3 Å². The second-order valence-corrected chi connectivity index (χ2v) is 8.08. The zero-order chi connectivity index (χ0) is 20.2. The minimum absolute atomic E-state index is 0.0409. The third-order valence-corrected chi connectivity index (χ3v) is 5.40. The van der Waals surface area contributed by atoms with Gasteiger partial charge in [0.1, 0.15) is 10.7 Å². The summed E-state index contributed by atoms with van der Waals surface area (Å²) in [7, 11) is 0. The van der Waals surface area contributed by atoms with Crippen LogP contribution in [0, 0.1) is 0 Å². The van der Waals surface area contributed by atoms with E-state index in [4.69, 9.17) is 11.6 Å². The van der Waals surface area contributed by atoms with E-state index in [0.717, 1.165) is 23.4 Å². The number of carbonyl (C=O) groups is 2. The number of halogens is 1. The van der Waals surface area contributed by atoms with Crippen LogP contribution >= 0.6 is 22.9 Å². The molecule has 152 valence electrons. The van der Waals surface area contributed by atoms with E-state index in [1.54, 1.807) is 5.38 Å². The molecule has 0 aliphatic carbocycles. The zero-order valence-electron chi connectivity index (χ0n) is 16.3. The van der Waals surface area contributed by atoms with Gasteiger partial charge in [0.2, 0.25) is 5.91 Å². The molecule has 0 fully saturated rings. The minimum Gasteiger partial charge on any atom is -0.350 e. The largest absolute Gasteiger partial charge is 0.350 e. The lowest BCUT2D eigenvalue weighted by Crippen LogP contribution is -2.26. The normalized spacial score (nSPS) is 10.6. The molecule has 0 unspecified atom stereocenters. The first-order valence-electron chi connectivity index (χ1n) is 9.82. The highest BCUT2D eigenvalue weighted by molar-refractivity contribution is 7.09. The maximum Gasteiger partial charge on any atom is 0.270 e. The maximum absolute atomic E-state index is 12.2. The smallest absolute Gasteiger partial charge is 0.270 e. The van der Waals surface area contributed by atoms with Crippen LogP contribution in [0.3, 0.4) is 0 Å². The topological polar surface area (TPSA) is 71.1 Å². The van der Waals surface area contributed by atoms with Crippen LogP contribution in [-0.2, 0) is 17.8 Å². The van der Waals surface area contributed by atoms with Gasteiger partial charge in [0.15, 0.2) is 0 Å². The van der Waals surface area contributed by atoms with Crippen molar-refractivity contribution in [1.29, 1.82) is 0 Å². The summed E-state index contributed by atoms with van der Waals surface area (Å²) in [6.07, 6.45) is 6.88. The van der Waals surface area contributed by atoms with Crippen molar-refractivity contribution in [3.05, 3.63) is 50.9 Å². The van der Waals surface area contributed by atoms with Gasteiger partial charge in [-0.1, -0.05) is 56.3 Å². The van der Waals surface area contributed by atoms with Crippen LogP contribution < -0.4 is 10.6 Å². The summed E-state index contributed by atoms with van der Waals surface area (Å²) in [6.45, 7) is 3.06. The van der Waals surface area contributed by atoms with Crippen molar-refractivity contribution >= 4 is 34.8 Å². The molecule has 0 aliphatic heterocycles. The van der Waals surface area contributed by atoms with E-state index in [0.29, 0.717) is 36.6 Å². The van der Waals surface area contributed by atoms with Crippen LogP contribution in [0.25, 0.3) is 0 Å². The fourth-order valence-electron chi connectivity index (χ4n) is 2.75. The lowest BCUT2D eigenvalue weighted by molar-refractivity contribution is -0.121. The number of rotatable bonds is 12. The van der Waals surface area contributed by atoms with Gasteiger partial charge in [0.05, 0.1) is 6.54 Å². The minimum atomic E-state index is -0.202. The lowest BCUT2D eigenvalue weighted by Gasteiger charge is -2.04. The highest BCUT2D eigenvalue weighted by atomic mass is 35.5. The van der Waals surface area contributed by atoms with E-state index in [1.165, 1.54) is 30.6 Å². The lowest BCUT2D eigenvalue weighted by atomic mass is 10.1. The molecule has 0 bridgehead atoms. The van der Waals surface area contributed by atoms with Gasteiger partial charge in [-0.25, -0.2) is 4.98 Å². The van der Waals surface area contributed by atoms with Crippen LogP contribution in [0.2, 0.25) is 5.02 Å². The molecule has 0 atom stereocenters. The Morgan fingerprint density at radius 1 is 1.14 bits per heavy atom. The van der Waals surface area contributed by atoms with Crippen LogP contribution in [0.4, 0.5) is 0 Å². The van der Waals surface area contributed by atoms with E-state index >= 15 is 0 Å². The van der Waals surface area contributed by atoms with Crippen molar-refractivity contribution in [2.75, 3.05) is 6.54 Å². The van der Waals surface area contributed by atoms with Crippen molar-refractivity contribution in [2.24, 2.45) is 0 Å². The van der Waals surface area contributed by atoms with Crippen molar-refractivity contribution in [1.82, 2.24) is 15.6 Å². The average molecular weight is 422 g/mol. The summed E-state index contributed by atoms with van der Waals surface area (Å²) >= 11 is 7.34. The summed E-state index contributed by atoms with van der Waals surface area (Å²) < 4.78 is 0. The Morgan fingerprint density at radius 3 is 2.75 bits per heavy atom. The standard InChI is InChI=1S/C21H28ClN3O2S/c1-2-3-4-5-6-10-19(26)24-14-20-25-18(15-28-20)21(27)23-12-11-16-8-7-9-17(22)13-16/h7-9,13,15H,2-6,10-12,14H2,1H3,(H,23,27)(H,24,26). The van der Waals surface area contributed by atoms with Crippen molar-refractivity contribution in [3.8, 4) is 0 Å². The number of benzene rings is 1. The first kappa shape index (κ1) is 22.4. The van der Waals surface area contributed by atoms with Gasteiger partial charge in [-0.3, -0.25) is 9.59 Å². The summed E-state index contributed by atoms with van der Waals surface area (Å²) in [5.74, 6) is -0.161. The maximum atomic E-state index is 12.2. The molecule has 28 heavy (non-hydrogen) atoms. The predicted molar refractivity (Wildman–Crippen MR) is 115 cm³/mol. The molecule has 2 aromatic rings. The molecule has 1 aromatic heterocycles. The number of aromatic nitrogens is 1. The van der Waals surface area contributed by atoms with Gasteiger partial charge in [0.25, 0.3) is 5.91 Å². The Hall–Kier alpha value is -1.92. The average Bonchev–Trinajstić information content (AvgIpc) is 3.15. The van der Waals surface area contributed by atoms with E-state index in [1.807, 2.05) is 24.3 Å². The number of unbranched alkanes of at least 4 members (excludes halogenated alkanes) is 4. The number of amides is 2. The molecule has 0 radical (unpaired) electrons. The number of hydrogen-bond donors (Lipinski definition) is 2. The van der Waals surface area contributed by atoms with Gasteiger partial charge in [-0.05, 0) is 30.5 Å². The van der Waals surface area contributed by atoms with Gasteiger partial charge >= 0.3 is 0 Å². The van der Waals surface area contributed by atoms with Crippen molar-refractivity contribution < 1.29 is 9.59 Å². The van der Waals surface area contributed by atoms with E-state index in [9.17, 15) is 9.59 Å². The number of carbonyl (C=O) groups excluding carboxylic acids is 2. The van der Waals surface area contributed by atoms with Gasteiger partial charge in [0, 0.05) is 23.4 Å². The Labute approximate surface area is 175 Å². The van der Waals surface area contributed by atoms with E-state index < -0.39 is 0 Å². The summed E-state index contributed by atoms with van der Waals surface area (Å²) in [5.41, 5.74) is 1.46. The molecule has 2 amide bonds. The fraction of sp³-hybridized carbons (Fsp3) is 0.476. The Morgan fingerprint density at radius 2 is 1.96 bits per heavy atom. The molecule has 0 spiro atoms. The van der Waals surface area contributed by atoms with Crippen molar-refractivity contribution in [3.63, 3.8) is 0 Å². The molecule has 7 heteroatoms. The molecular formula is C21H28ClN3O2S. The second-order valence-electron chi connectivity index (χ2n) is 6.70. The van der Waals surface area contributed by atoms with Crippen LogP contribution in [0.15, 0.2) is 29.6 Å². The first-order chi connectivity index (χ1) is 13.6. The monoisotopic (exact) mass is 421 g/mol. The second kappa shape index (κ2) is 12.5. The third-order valence-electron chi connectivity index (χ3n) is 4.32. The summed E-state index contributed by atoms with van der Waals surface area (Å²) in [6, 6.07) is 7.59. The Kier molecular flexibility index (Phi) is 10.0. The number of thiazole rings is 1. The highest BCUT2D eigenvalue weighted by Crippen LogP contribution is 2.12. The van der Waals surface area contributed by atoms with Crippen LogP contribution in [-0.4, -0.2) is 23.3 Å². The Bertz CT molecular complexity index is 764. The predicted octanol–water partition coefficient (Wildman–Crippen LogP) is 4.75. The van der Waals surface area contributed by atoms with E-state index in [-0.39, 0.29) is 11.8 Å². The molecule has 1 heterocycles. The summed E-state index contributed by atoms with van der Waals surface area (Å²) in [4.78, 5) is 28.4. The Balaban J connectivity index is 1.66. The molecule has 2 rings (SSSR count). The quantitative estimate of drug-likeness (QED) is 0.486.